The molecule has 314 valence electrons. The lowest BCUT2D eigenvalue weighted by atomic mass is 10.0. The molecule has 24 heteroatoms. The number of benzene rings is 1. The Morgan fingerprint density at radius 3 is 1.16 bits per heavy atom. The van der Waals surface area contributed by atoms with Gasteiger partial charge in [0, 0.05) is 32.1 Å². The molecule has 0 saturated heterocycles. The molecule has 0 aliphatic heterocycles. The minimum atomic E-state index is -1.68. The van der Waals surface area contributed by atoms with Crippen molar-refractivity contribution in [2.45, 2.75) is 88.0 Å². The van der Waals surface area contributed by atoms with E-state index in [0.29, 0.717) is 5.56 Å². The van der Waals surface area contributed by atoms with E-state index in [-0.39, 0.29) is 25.0 Å². The number of nitrogens with two attached hydrogens (primary N) is 5. The summed E-state index contributed by atoms with van der Waals surface area (Å²) in [6.07, 6.45) is -3.76. The van der Waals surface area contributed by atoms with Crippen molar-refractivity contribution in [2.24, 2.45) is 28.7 Å². The molecule has 0 fully saturated rings. The lowest BCUT2D eigenvalue weighted by Gasteiger charge is -2.27. The van der Waals surface area contributed by atoms with Gasteiger partial charge in [0.25, 0.3) is 0 Å². The van der Waals surface area contributed by atoms with Crippen molar-refractivity contribution in [1.82, 2.24) is 31.9 Å². The number of phenols is 1. The number of carboxylic acid groups (broad SMARTS) is 1. The zero-order chi connectivity index (χ0) is 43.2. The average molecular weight is 808 g/mol. The molecule has 57 heavy (non-hydrogen) atoms. The second-order valence-electron chi connectivity index (χ2n) is 12.6. The average Bonchev–Trinajstić information content (AvgIpc) is 3.13. The molecule has 0 bridgehead atoms. The van der Waals surface area contributed by atoms with E-state index in [1.54, 1.807) is 0 Å². The summed E-state index contributed by atoms with van der Waals surface area (Å²) in [4.78, 5) is 136. The van der Waals surface area contributed by atoms with Gasteiger partial charge in [0.2, 0.25) is 59.1 Å². The molecule has 1 aromatic carbocycles. The van der Waals surface area contributed by atoms with Crippen LogP contribution < -0.4 is 60.6 Å². The number of hydrogen-bond acceptors (Lipinski definition) is 13. The monoisotopic (exact) mass is 807 g/mol. The summed E-state index contributed by atoms with van der Waals surface area (Å²) in [6.45, 7) is -1.36. The fourth-order valence-electron chi connectivity index (χ4n) is 4.93. The van der Waals surface area contributed by atoms with Gasteiger partial charge in [-0.25, -0.2) is 0 Å². The summed E-state index contributed by atoms with van der Waals surface area (Å²) in [6, 6.07) is -2.40. The van der Waals surface area contributed by atoms with E-state index in [1.165, 1.54) is 24.3 Å². The van der Waals surface area contributed by atoms with Crippen LogP contribution in [0, 0.1) is 0 Å². The van der Waals surface area contributed by atoms with E-state index in [1.807, 2.05) is 0 Å². The minimum Gasteiger partial charge on any atom is -0.508 e. The van der Waals surface area contributed by atoms with Crippen LogP contribution in [0.25, 0.3) is 0 Å². The third-order valence-corrected chi connectivity index (χ3v) is 7.88. The number of rotatable bonds is 27. The molecular weight excluding hydrogens is 758 g/mol. The molecule has 18 N–H and O–H groups in total. The van der Waals surface area contributed by atoms with Crippen molar-refractivity contribution in [3.8, 4) is 5.75 Å². The minimum absolute atomic E-state index is 0.108. The fraction of sp³-hybridized carbons (Fsp3) is 0.485. The van der Waals surface area contributed by atoms with Gasteiger partial charge in [-0.05, 0) is 43.4 Å². The Labute approximate surface area is 325 Å². The molecule has 0 radical (unpaired) electrons. The number of amides is 10. The maximum atomic E-state index is 13.7. The highest BCUT2D eigenvalue weighted by Crippen LogP contribution is 2.12. The highest BCUT2D eigenvalue weighted by molar-refractivity contribution is 5.97. The Morgan fingerprint density at radius 1 is 0.509 bits per heavy atom. The number of carbonyl (C=O) groups is 11. The Balaban J connectivity index is 3.43. The standard InChI is InChI=1S/C33H49N11O13/c34-14-27(50)40-18(5-9-23(35)46)30(54)41-19(6-10-24(36)47)31(55)42-20(7-11-25(37)48)32(56)43-21(8-12-26(38)49)33(57)44-22(29(53)39-15-28(51)52)13-16-1-3-17(45)4-2-16/h1-4,18-22,45H,5-15,34H2,(H2,35,46)(H2,36,47)(H2,37,48)(H2,38,49)(H,39,53)(H,40,50)(H,41,54)(H,42,55)(H,43,56)(H,44,57)(H,51,52)/t18-,19-,20-,21-,22-/m0/s1. The van der Waals surface area contributed by atoms with Crippen molar-refractivity contribution < 1.29 is 63.0 Å². The van der Waals surface area contributed by atoms with Crippen molar-refractivity contribution >= 4 is 65.0 Å². The molecule has 5 atom stereocenters. The van der Waals surface area contributed by atoms with Gasteiger partial charge < -0.3 is 70.8 Å². The molecule has 0 aliphatic rings. The number of aliphatic carboxylic acids is 1. The van der Waals surface area contributed by atoms with Crippen molar-refractivity contribution in [2.75, 3.05) is 13.1 Å². The summed E-state index contributed by atoms with van der Waals surface area (Å²) in [5.74, 6) is -11.1. The van der Waals surface area contributed by atoms with Gasteiger partial charge in [-0.15, -0.1) is 0 Å². The maximum Gasteiger partial charge on any atom is 0.322 e. The first-order valence-corrected chi connectivity index (χ1v) is 17.3. The molecule has 0 saturated carbocycles. The van der Waals surface area contributed by atoms with E-state index in [2.05, 4.69) is 31.9 Å². The van der Waals surface area contributed by atoms with Gasteiger partial charge in [-0.1, -0.05) is 12.1 Å². The number of aromatic hydroxyl groups is 1. The van der Waals surface area contributed by atoms with Crippen molar-refractivity contribution in [1.29, 1.82) is 0 Å². The van der Waals surface area contributed by atoms with Crippen LogP contribution in [0.5, 0.6) is 5.75 Å². The van der Waals surface area contributed by atoms with Crippen LogP contribution in [0.3, 0.4) is 0 Å². The predicted molar refractivity (Wildman–Crippen MR) is 195 cm³/mol. The van der Waals surface area contributed by atoms with Crippen LogP contribution in [-0.4, -0.2) is 119 Å². The van der Waals surface area contributed by atoms with Gasteiger partial charge in [0.05, 0.1) is 6.54 Å². The van der Waals surface area contributed by atoms with Crippen LogP contribution in [-0.2, 0) is 59.2 Å². The Hall–Kier alpha value is -6.85. The molecule has 0 aromatic heterocycles. The van der Waals surface area contributed by atoms with Crippen LogP contribution in [0.15, 0.2) is 24.3 Å². The highest BCUT2D eigenvalue weighted by Gasteiger charge is 2.33. The quantitative estimate of drug-likeness (QED) is 0.0393. The molecule has 0 heterocycles. The fourth-order valence-corrected chi connectivity index (χ4v) is 4.93. The number of hydrogen-bond donors (Lipinski definition) is 13. The molecular formula is C33H49N11O13. The molecule has 0 aliphatic carbocycles. The summed E-state index contributed by atoms with van der Waals surface area (Å²) in [5, 5.41) is 32.4. The van der Waals surface area contributed by atoms with Crippen molar-refractivity contribution in [3.63, 3.8) is 0 Å². The topological polar surface area (TPSA) is 431 Å². The second-order valence-corrected chi connectivity index (χ2v) is 12.6. The Morgan fingerprint density at radius 2 is 0.842 bits per heavy atom. The van der Waals surface area contributed by atoms with Crippen LogP contribution >= 0.6 is 0 Å². The van der Waals surface area contributed by atoms with Crippen molar-refractivity contribution in [3.05, 3.63) is 29.8 Å². The number of nitrogens with one attached hydrogen (secondary N) is 6. The first kappa shape index (κ1) is 48.2. The van der Waals surface area contributed by atoms with Gasteiger partial charge in [0.1, 0.15) is 42.5 Å². The Bertz CT molecular complexity index is 1660. The normalized spacial score (nSPS) is 13.2. The third kappa shape index (κ3) is 19.9. The third-order valence-electron chi connectivity index (χ3n) is 7.88. The van der Waals surface area contributed by atoms with Crippen LogP contribution in [0.1, 0.15) is 56.9 Å². The van der Waals surface area contributed by atoms with E-state index in [0.717, 1.165) is 0 Å². The molecule has 0 unspecified atom stereocenters. The molecule has 10 amide bonds. The molecule has 1 rings (SSSR count). The first-order chi connectivity index (χ1) is 26.7. The molecule has 24 nitrogen and oxygen atoms in total. The van der Waals surface area contributed by atoms with E-state index in [4.69, 9.17) is 33.8 Å². The summed E-state index contributed by atoms with van der Waals surface area (Å²) in [5.41, 5.74) is 26.7. The SMILES string of the molecule is NCC(=O)N[C@@H](CCC(N)=O)C(=O)N[C@@H](CCC(N)=O)C(=O)N[C@@H](CCC(N)=O)C(=O)N[C@@H](CCC(N)=O)C(=O)N[C@@H](Cc1ccc(O)cc1)C(=O)NCC(=O)O. The smallest absolute Gasteiger partial charge is 0.322 e. The second kappa shape index (κ2) is 24.5. The summed E-state index contributed by atoms with van der Waals surface area (Å²) < 4.78 is 0. The van der Waals surface area contributed by atoms with E-state index in [9.17, 15) is 57.8 Å². The van der Waals surface area contributed by atoms with Crippen LogP contribution in [0.4, 0.5) is 0 Å². The summed E-state index contributed by atoms with van der Waals surface area (Å²) in [7, 11) is 0. The first-order valence-electron chi connectivity index (χ1n) is 17.3. The number of carbonyl (C=O) groups excluding carboxylic acids is 10. The maximum absolute atomic E-state index is 13.7. The highest BCUT2D eigenvalue weighted by atomic mass is 16.4. The predicted octanol–water partition coefficient (Wildman–Crippen LogP) is -6.42. The van der Waals surface area contributed by atoms with Crippen LogP contribution in [0.2, 0.25) is 0 Å². The zero-order valence-corrected chi connectivity index (χ0v) is 30.7. The van der Waals surface area contributed by atoms with E-state index >= 15 is 0 Å². The number of phenolic OH excluding ortho intramolecular Hbond substituents is 1. The van der Waals surface area contributed by atoms with Gasteiger partial charge in [0.15, 0.2) is 0 Å². The zero-order valence-electron chi connectivity index (χ0n) is 30.7. The number of carboxylic acids is 1. The largest absolute Gasteiger partial charge is 0.508 e. The lowest BCUT2D eigenvalue weighted by Crippen LogP contribution is -2.59. The lowest BCUT2D eigenvalue weighted by molar-refractivity contribution is -0.138. The van der Waals surface area contributed by atoms with E-state index < -0.39 is 147 Å². The van der Waals surface area contributed by atoms with Gasteiger partial charge in [-0.2, -0.15) is 0 Å². The summed E-state index contributed by atoms with van der Waals surface area (Å²) >= 11 is 0. The van der Waals surface area contributed by atoms with Gasteiger partial charge >= 0.3 is 5.97 Å². The molecule has 0 spiro atoms. The van der Waals surface area contributed by atoms with Gasteiger partial charge in [-0.3, -0.25) is 52.7 Å². The number of primary amides is 4. The molecule has 1 aromatic rings. The Kier molecular flexibility index (Phi) is 20.7.